The van der Waals surface area contributed by atoms with Gasteiger partial charge in [0.1, 0.15) is 12.1 Å². The summed E-state index contributed by atoms with van der Waals surface area (Å²) in [5.74, 6) is 1.20. The molecule has 0 saturated carbocycles. The highest BCUT2D eigenvalue weighted by atomic mass is 16.5. The first-order valence-corrected chi connectivity index (χ1v) is 7.20. The Labute approximate surface area is 131 Å². The van der Waals surface area contributed by atoms with Crippen molar-refractivity contribution in [2.24, 2.45) is 0 Å². The number of fused-ring (bicyclic) bond motifs is 2. The van der Waals surface area contributed by atoms with E-state index in [2.05, 4.69) is 15.3 Å². The molecular weight excluding hydrogens is 296 g/mol. The maximum absolute atomic E-state index is 11.2. The van der Waals surface area contributed by atoms with E-state index in [9.17, 15) is 9.90 Å². The lowest BCUT2D eigenvalue weighted by molar-refractivity contribution is 0.197. The van der Waals surface area contributed by atoms with Crippen LogP contribution in [0.1, 0.15) is 16.8 Å². The van der Waals surface area contributed by atoms with Crippen LogP contribution in [0.3, 0.4) is 0 Å². The van der Waals surface area contributed by atoms with Gasteiger partial charge in [-0.15, -0.1) is 0 Å². The summed E-state index contributed by atoms with van der Waals surface area (Å²) in [6, 6.07) is 5.29. The number of aromatic nitrogens is 3. The van der Waals surface area contributed by atoms with Gasteiger partial charge < -0.3 is 15.2 Å². The second-order valence-corrected chi connectivity index (χ2v) is 5.40. The Bertz CT molecular complexity index is 932. The van der Waals surface area contributed by atoms with Crippen LogP contribution in [0.4, 0.5) is 4.79 Å². The molecule has 4 rings (SSSR count). The van der Waals surface area contributed by atoms with Crippen molar-refractivity contribution < 1.29 is 14.6 Å². The number of aryl methyl sites for hydroxylation is 1. The molecule has 116 valence electrons. The molecule has 7 heteroatoms. The van der Waals surface area contributed by atoms with Crippen LogP contribution in [0.15, 0.2) is 30.7 Å². The number of benzene rings is 1. The molecule has 0 spiro atoms. The van der Waals surface area contributed by atoms with E-state index in [0.29, 0.717) is 30.2 Å². The standard InChI is InChI=1S/C16H14N4O3/c1-9-10-4-5-20(16(21)22)13(10)2-3-14(9)23-15-11-6-17-7-12(11)18-8-19-15/h2-5,8,17H,6-7H2,1H3,(H,21,22). The van der Waals surface area contributed by atoms with Gasteiger partial charge in [-0.05, 0) is 25.1 Å². The third-order valence-corrected chi connectivity index (χ3v) is 4.09. The molecule has 0 fully saturated rings. The van der Waals surface area contributed by atoms with E-state index >= 15 is 0 Å². The summed E-state index contributed by atoms with van der Waals surface area (Å²) in [6.45, 7) is 3.30. The van der Waals surface area contributed by atoms with Crippen molar-refractivity contribution >= 4 is 17.0 Å². The van der Waals surface area contributed by atoms with Gasteiger partial charge in [0.25, 0.3) is 0 Å². The summed E-state index contributed by atoms with van der Waals surface area (Å²) in [7, 11) is 0. The molecule has 0 bridgehead atoms. The van der Waals surface area contributed by atoms with Crippen LogP contribution < -0.4 is 10.1 Å². The lowest BCUT2D eigenvalue weighted by Crippen LogP contribution is -2.05. The molecule has 0 amide bonds. The molecule has 0 saturated heterocycles. The fraction of sp³-hybridized carbons (Fsp3) is 0.188. The van der Waals surface area contributed by atoms with Gasteiger partial charge in [-0.3, -0.25) is 4.57 Å². The molecule has 7 nitrogen and oxygen atoms in total. The van der Waals surface area contributed by atoms with Crippen LogP contribution in [-0.2, 0) is 13.1 Å². The van der Waals surface area contributed by atoms with Crippen molar-refractivity contribution in [3.8, 4) is 11.6 Å². The first-order valence-electron chi connectivity index (χ1n) is 7.20. The van der Waals surface area contributed by atoms with E-state index in [1.165, 1.54) is 17.1 Å². The van der Waals surface area contributed by atoms with Crippen LogP contribution >= 0.6 is 0 Å². The molecule has 3 aromatic rings. The molecule has 0 aliphatic carbocycles. The van der Waals surface area contributed by atoms with Gasteiger partial charge >= 0.3 is 6.09 Å². The predicted molar refractivity (Wildman–Crippen MR) is 82.7 cm³/mol. The highest BCUT2D eigenvalue weighted by Crippen LogP contribution is 2.33. The average Bonchev–Trinajstić information content (AvgIpc) is 3.17. The van der Waals surface area contributed by atoms with Gasteiger partial charge in [0.15, 0.2) is 0 Å². The molecule has 0 radical (unpaired) electrons. The molecule has 3 heterocycles. The zero-order valence-corrected chi connectivity index (χ0v) is 12.4. The van der Waals surface area contributed by atoms with Crippen molar-refractivity contribution in [3.05, 3.63) is 47.5 Å². The van der Waals surface area contributed by atoms with E-state index in [1.54, 1.807) is 18.2 Å². The number of hydrogen-bond donors (Lipinski definition) is 2. The molecular formula is C16H14N4O3. The minimum atomic E-state index is -1.01. The Morgan fingerprint density at radius 3 is 3.00 bits per heavy atom. The molecule has 2 N–H and O–H groups in total. The number of nitrogens with one attached hydrogen (secondary N) is 1. The van der Waals surface area contributed by atoms with E-state index in [1.807, 2.05) is 6.92 Å². The van der Waals surface area contributed by atoms with E-state index < -0.39 is 6.09 Å². The van der Waals surface area contributed by atoms with Crippen molar-refractivity contribution in [1.29, 1.82) is 0 Å². The van der Waals surface area contributed by atoms with Crippen LogP contribution in [0.2, 0.25) is 0 Å². The fourth-order valence-electron chi connectivity index (χ4n) is 2.88. The van der Waals surface area contributed by atoms with E-state index in [4.69, 9.17) is 4.74 Å². The molecule has 1 aliphatic rings. The minimum Gasteiger partial charge on any atom is -0.464 e. The van der Waals surface area contributed by atoms with Gasteiger partial charge in [0.05, 0.1) is 16.8 Å². The number of nitrogens with zero attached hydrogens (tertiary/aromatic N) is 3. The summed E-state index contributed by atoms with van der Waals surface area (Å²) < 4.78 is 7.17. The highest BCUT2D eigenvalue weighted by Gasteiger charge is 2.19. The van der Waals surface area contributed by atoms with Crippen molar-refractivity contribution in [3.63, 3.8) is 0 Å². The van der Waals surface area contributed by atoms with Crippen LogP contribution in [0.25, 0.3) is 10.9 Å². The number of ether oxygens (including phenoxy) is 1. The smallest absolute Gasteiger partial charge is 0.415 e. The van der Waals surface area contributed by atoms with Crippen molar-refractivity contribution in [2.45, 2.75) is 20.0 Å². The summed E-state index contributed by atoms with van der Waals surface area (Å²) >= 11 is 0. The second kappa shape index (κ2) is 5.06. The Morgan fingerprint density at radius 1 is 1.30 bits per heavy atom. The second-order valence-electron chi connectivity index (χ2n) is 5.40. The Balaban J connectivity index is 1.77. The summed E-state index contributed by atoms with van der Waals surface area (Å²) in [5, 5.41) is 13.2. The van der Waals surface area contributed by atoms with Gasteiger partial charge in [-0.25, -0.2) is 14.8 Å². The zero-order chi connectivity index (χ0) is 16.0. The number of carboxylic acid groups (broad SMARTS) is 1. The molecule has 2 aromatic heterocycles. The quantitative estimate of drug-likeness (QED) is 0.756. The lowest BCUT2D eigenvalue weighted by atomic mass is 10.1. The first kappa shape index (κ1) is 13.7. The summed E-state index contributed by atoms with van der Waals surface area (Å²) in [5.41, 5.74) is 3.43. The molecule has 0 atom stereocenters. The number of hydrogen-bond acceptors (Lipinski definition) is 5. The number of carbonyl (C=O) groups is 1. The third kappa shape index (κ3) is 2.13. The highest BCUT2D eigenvalue weighted by molar-refractivity contribution is 5.92. The maximum atomic E-state index is 11.2. The Kier molecular flexibility index (Phi) is 3.02. The van der Waals surface area contributed by atoms with Gasteiger partial charge in [-0.1, -0.05) is 0 Å². The summed E-state index contributed by atoms with van der Waals surface area (Å²) in [6.07, 6.45) is 2.03. The first-order chi connectivity index (χ1) is 11.1. The molecule has 0 unspecified atom stereocenters. The van der Waals surface area contributed by atoms with Gasteiger partial charge in [0, 0.05) is 30.2 Å². The number of rotatable bonds is 2. The lowest BCUT2D eigenvalue weighted by Gasteiger charge is -2.11. The topological polar surface area (TPSA) is 89.3 Å². The normalized spacial score (nSPS) is 13.3. The SMILES string of the molecule is Cc1c(Oc2ncnc3c2CNC3)ccc2c1ccn2C(=O)O. The fourth-order valence-corrected chi connectivity index (χ4v) is 2.88. The van der Waals surface area contributed by atoms with Gasteiger partial charge in [-0.2, -0.15) is 0 Å². The van der Waals surface area contributed by atoms with Crippen molar-refractivity contribution in [2.75, 3.05) is 0 Å². The third-order valence-electron chi connectivity index (χ3n) is 4.09. The predicted octanol–water partition coefficient (Wildman–Crippen LogP) is 2.66. The van der Waals surface area contributed by atoms with Crippen molar-refractivity contribution in [1.82, 2.24) is 19.9 Å². The average molecular weight is 310 g/mol. The van der Waals surface area contributed by atoms with Gasteiger partial charge in [0.2, 0.25) is 5.88 Å². The van der Waals surface area contributed by atoms with Crippen LogP contribution in [-0.4, -0.2) is 25.7 Å². The van der Waals surface area contributed by atoms with E-state index in [0.717, 1.165) is 22.2 Å². The maximum Gasteiger partial charge on any atom is 0.415 e. The van der Waals surface area contributed by atoms with E-state index in [-0.39, 0.29) is 0 Å². The monoisotopic (exact) mass is 310 g/mol. The molecule has 1 aliphatic heterocycles. The largest absolute Gasteiger partial charge is 0.464 e. The Hall–Kier alpha value is -2.93. The minimum absolute atomic E-state index is 0.542. The Morgan fingerprint density at radius 2 is 2.17 bits per heavy atom. The summed E-state index contributed by atoms with van der Waals surface area (Å²) in [4.78, 5) is 19.7. The van der Waals surface area contributed by atoms with Crippen LogP contribution in [0.5, 0.6) is 11.6 Å². The zero-order valence-electron chi connectivity index (χ0n) is 12.4. The molecule has 23 heavy (non-hydrogen) atoms. The molecule has 1 aromatic carbocycles. The van der Waals surface area contributed by atoms with Crippen LogP contribution in [0, 0.1) is 6.92 Å².